The molecule has 0 atom stereocenters. The highest BCUT2D eigenvalue weighted by Gasteiger charge is 2.10. The van der Waals surface area contributed by atoms with Gasteiger partial charge in [0, 0.05) is 29.3 Å². The van der Waals surface area contributed by atoms with E-state index in [1.54, 1.807) is 0 Å². The van der Waals surface area contributed by atoms with Crippen molar-refractivity contribution in [2.75, 3.05) is 0 Å². The lowest BCUT2D eigenvalue weighted by Gasteiger charge is -2.00. The zero-order valence-electron chi connectivity index (χ0n) is 11.0. The number of nitro benzene ring substituents is 1. The Kier molecular flexibility index (Phi) is 4.52. The lowest BCUT2D eigenvalue weighted by molar-refractivity contribution is -0.384. The van der Waals surface area contributed by atoms with E-state index in [0.717, 1.165) is 24.4 Å². The molecule has 22 heavy (non-hydrogen) atoms. The summed E-state index contributed by atoms with van der Waals surface area (Å²) >= 11 is 0. The number of carbonyl (C=O) groups excluding carboxylic acids is 1. The number of benzene rings is 2. The molecular weight excluding hydrogens is 296 g/mol. The van der Waals surface area contributed by atoms with Gasteiger partial charge in [0.2, 0.25) is 0 Å². The van der Waals surface area contributed by atoms with Gasteiger partial charge in [0.05, 0.1) is 11.1 Å². The van der Waals surface area contributed by atoms with Crippen LogP contribution in [0.15, 0.2) is 47.6 Å². The fourth-order valence-electron chi connectivity index (χ4n) is 1.59. The van der Waals surface area contributed by atoms with Crippen LogP contribution < -0.4 is 5.43 Å². The number of rotatable bonds is 4. The Labute approximate surface area is 123 Å². The van der Waals surface area contributed by atoms with E-state index in [4.69, 9.17) is 0 Å². The van der Waals surface area contributed by atoms with Crippen LogP contribution in [0.5, 0.6) is 0 Å². The standard InChI is InChI=1S/C14H9F2N3O3/c15-11-5-4-10(13(16)7-11)8-17-18-14(20)9-2-1-3-12(6-9)19(21)22/h1-8H,(H,18,20). The minimum Gasteiger partial charge on any atom is -0.267 e. The van der Waals surface area contributed by atoms with E-state index in [-0.39, 0.29) is 16.8 Å². The van der Waals surface area contributed by atoms with Crippen molar-refractivity contribution in [3.63, 3.8) is 0 Å². The Bertz CT molecular complexity index is 763. The molecule has 0 aliphatic carbocycles. The maximum Gasteiger partial charge on any atom is 0.271 e. The maximum atomic E-state index is 13.3. The maximum absolute atomic E-state index is 13.3. The third-order valence-electron chi connectivity index (χ3n) is 2.65. The zero-order chi connectivity index (χ0) is 16.1. The highest BCUT2D eigenvalue weighted by Crippen LogP contribution is 2.13. The number of nitro groups is 1. The van der Waals surface area contributed by atoms with Crippen molar-refractivity contribution in [2.45, 2.75) is 0 Å². The van der Waals surface area contributed by atoms with Crippen LogP contribution in [0.2, 0.25) is 0 Å². The summed E-state index contributed by atoms with van der Waals surface area (Å²) in [5, 5.41) is 14.1. The molecule has 0 aliphatic rings. The second-order valence-electron chi connectivity index (χ2n) is 4.17. The van der Waals surface area contributed by atoms with E-state index < -0.39 is 22.5 Å². The van der Waals surface area contributed by atoms with Crippen molar-refractivity contribution in [3.8, 4) is 0 Å². The molecule has 2 aromatic carbocycles. The van der Waals surface area contributed by atoms with Crippen molar-refractivity contribution in [2.24, 2.45) is 5.10 Å². The smallest absolute Gasteiger partial charge is 0.267 e. The quantitative estimate of drug-likeness (QED) is 0.535. The van der Waals surface area contributed by atoms with Crippen molar-refractivity contribution < 1.29 is 18.5 Å². The minimum atomic E-state index is -0.826. The van der Waals surface area contributed by atoms with Crippen molar-refractivity contribution in [1.82, 2.24) is 5.43 Å². The first kappa shape index (κ1) is 15.2. The Balaban J connectivity index is 2.08. The number of carbonyl (C=O) groups is 1. The summed E-state index contributed by atoms with van der Waals surface area (Å²) in [5.74, 6) is -2.24. The van der Waals surface area contributed by atoms with Gasteiger partial charge in [-0.3, -0.25) is 14.9 Å². The van der Waals surface area contributed by atoms with Gasteiger partial charge < -0.3 is 0 Å². The van der Waals surface area contributed by atoms with Gasteiger partial charge in [-0.05, 0) is 18.2 Å². The van der Waals surface area contributed by atoms with Gasteiger partial charge in [0.1, 0.15) is 11.6 Å². The summed E-state index contributed by atoms with van der Waals surface area (Å²) in [4.78, 5) is 21.7. The van der Waals surface area contributed by atoms with Gasteiger partial charge in [-0.15, -0.1) is 0 Å². The molecular formula is C14H9F2N3O3. The van der Waals surface area contributed by atoms with Crippen LogP contribution in [0, 0.1) is 21.7 Å². The van der Waals surface area contributed by atoms with Gasteiger partial charge in [0.25, 0.3) is 11.6 Å². The normalized spacial score (nSPS) is 10.6. The van der Waals surface area contributed by atoms with Crippen molar-refractivity contribution in [1.29, 1.82) is 0 Å². The molecule has 0 radical (unpaired) electrons. The predicted octanol–water partition coefficient (Wildman–Crippen LogP) is 2.64. The van der Waals surface area contributed by atoms with E-state index >= 15 is 0 Å². The molecule has 112 valence electrons. The molecule has 0 heterocycles. The summed E-state index contributed by atoms with van der Waals surface area (Å²) in [5.41, 5.74) is 1.89. The number of hydrogen-bond acceptors (Lipinski definition) is 4. The SMILES string of the molecule is O=C(NN=Cc1ccc(F)cc1F)c1cccc([N+](=O)[O-])c1. The summed E-state index contributed by atoms with van der Waals surface area (Å²) in [6.07, 6.45) is 1.00. The molecule has 0 bridgehead atoms. The number of hydrazone groups is 1. The molecule has 0 fully saturated rings. The number of nitrogens with one attached hydrogen (secondary N) is 1. The number of non-ortho nitro benzene ring substituents is 1. The molecule has 2 rings (SSSR count). The van der Waals surface area contributed by atoms with Gasteiger partial charge in [-0.2, -0.15) is 5.10 Å². The van der Waals surface area contributed by atoms with Crippen molar-refractivity contribution in [3.05, 3.63) is 75.3 Å². The monoisotopic (exact) mass is 305 g/mol. The Morgan fingerprint density at radius 3 is 2.68 bits per heavy atom. The number of hydrogen-bond donors (Lipinski definition) is 1. The molecule has 0 unspecified atom stereocenters. The fourth-order valence-corrected chi connectivity index (χ4v) is 1.59. The third-order valence-corrected chi connectivity index (χ3v) is 2.65. The summed E-state index contributed by atoms with van der Waals surface area (Å²) < 4.78 is 26.0. The predicted molar refractivity (Wildman–Crippen MR) is 74.5 cm³/mol. The molecule has 1 N–H and O–H groups in total. The lowest BCUT2D eigenvalue weighted by Crippen LogP contribution is -2.17. The van der Waals surface area contributed by atoms with Crippen molar-refractivity contribution >= 4 is 17.8 Å². The highest BCUT2D eigenvalue weighted by atomic mass is 19.1. The van der Waals surface area contributed by atoms with E-state index in [9.17, 15) is 23.7 Å². The van der Waals surface area contributed by atoms with Gasteiger partial charge >= 0.3 is 0 Å². The second kappa shape index (κ2) is 6.53. The average Bonchev–Trinajstić information content (AvgIpc) is 2.49. The van der Waals surface area contributed by atoms with Crippen LogP contribution in [0.1, 0.15) is 15.9 Å². The number of amides is 1. The van der Waals surface area contributed by atoms with E-state index in [2.05, 4.69) is 10.5 Å². The Hall–Kier alpha value is -3.16. The third kappa shape index (κ3) is 3.69. The summed E-state index contributed by atoms with van der Waals surface area (Å²) in [6.45, 7) is 0. The van der Waals surface area contributed by atoms with Crippen LogP contribution in [-0.4, -0.2) is 17.0 Å². The first-order chi connectivity index (χ1) is 10.5. The van der Waals surface area contributed by atoms with Gasteiger partial charge in [-0.25, -0.2) is 14.2 Å². The zero-order valence-corrected chi connectivity index (χ0v) is 11.0. The van der Waals surface area contributed by atoms with E-state index in [0.29, 0.717) is 6.07 Å². The second-order valence-corrected chi connectivity index (χ2v) is 4.17. The van der Waals surface area contributed by atoms with Gasteiger partial charge in [-0.1, -0.05) is 6.07 Å². The average molecular weight is 305 g/mol. The summed E-state index contributed by atoms with van der Waals surface area (Å²) in [7, 11) is 0. The first-order valence-corrected chi connectivity index (χ1v) is 6.00. The molecule has 0 aromatic heterocycles. The highest BCUT2D eigenvalue weighted by molar-refractivity contribution is 5.95. The van der Waals surface area contributed by atoms with E-state index in [1.165, 1.54) is 18.2 Å². The molecule has 0 spiro atoms. The van der Waals surface area contributed by atoms with Crippen LogP contribution in [0.3, 0.4) is 0 Å². The molecule has 0 aliphatic heterocycles. The Morgan fingerprint density at radius 2 is 2.00 bits per heavy atom. The topological polar surface area (TPSA) is 84.6 Å². The molecule has 0 saturated carbocycles. The molecule has 6 nitrogen and oxygen atoms in total. The van der Waals surface area contributed by atoms with E-state index in [1.807, 2.05) is 0 Å². The van der Waals surface area contributed by atoms with Gasteiger partial charge in [0.15, 0.2) is 0 Å². The molecule has 8 heteroatoms. The molecule has 1 amide bonds. The lowest BCUT2D eigenvalue weighted by atomic mass is 10.2. The van der Waals surface area contributed by atoms with Crippen LogP contribution in [-0.2, 0) is 0 Å². The number of halogens is 2. The first-order valence-electron chi connectivity index (χ1n) is 6.00. The number of nitrogens with zero attached hydrogens (tertiary/aromatic N) is 2. The summed E-state index contributed by atoms with van der Waals surface area (Å²) in [6, 6.07) is 7.95. The molecule has 2 aromatic rings. The van der Waals surface area contributed by atoms with Crippen LogP contribution in [0.25, 0.3) is 0 Å². The van der Waals surface area contributed by atoms with Crippen LogP contribution >= 0.6 is 0 Å². The minimum absolute atomic E-state index is 0.0132. The molecule has 0 saturated heterocycles. The fraction of sp³-hybridized carbons (Fsp3) is 0. The largest absolute Gasteiger partial charge is 0.271 e. The van der Waals surface area contributed by atoms with Crippen LogP contribution in [0.4, 0.5) is 14.5 Å². The Morgan fingerprint density at radius 1 is 1.23 bits per heavy atom.